The van der Waals surface area contributed by atoms with Gasteiger partial charge in [0.1, 0.15) is 0 Å². The van der Waals surface area contributed by atoms with Crippen LogP contribution in [0.25, 0.3) is 11.4 Å². The maximum atomic E-state index is 6.21. The van der Waals surface area contributed by atoms with E-state index in [0.29, 0.717) is 27.2 Å². The van der Waals surface area contributed by atoms with Crippen LogP contribution >= 0.6 is 23.4 Å². The van der Waals surface area contributed by atoms with Crippen LogP contribution in [0, 0.1) is 5.92 Å². The molecule has 0 radical (unpaired) electrons. The van der Waals surface area contributed by atoms with Crippen molar-refractivity contribution < 1.29 is 4.74 Å². The van der Waals surface area contributed by atoms with Crippen LogP contribution in [0.15, 0.2) is 29.4 Å². The minimum atomic E-state index is 0.425. The normalized spacial score (nSPS) is 17.5. The van der Waals surface area contributed by atoms with Gasteiger partial charge in [0.2, 0.25) is 5.16 Å². The fraction of sp³-hybridized carbons (Fsp3) is 0.467. The van der Waals surface area contributed by atoms with Crippen LogP contribution in [0.4, 0.5) is 0 Å². The Morgan fingerprint density at radius 2 is 2.05 bits per heavy atom. The third kappa shape index (κ3) is 3.24. The molecule has 1 fully saturated rings. The average Bonchev–Trinajstić information content (AvgIpc) is 2.90. The number of rotatable bonds is 4. The molecule has 118 valence electrons. The van der Waals surface area contributed by atoms with Crippen molar-refractivity contribution in [2.24, 2.45) is 5.92 Å². The lowest BCUT2D eigenvalue weighted by molar-refractivity contribution is 0.0669. The van der Waals surface area contributed by atoms with Gasteiger partial charge in [-0.05, 0) is 30.9 Å². The molecule has 1 aromatic heterocycles. The molecule has 1 aromatic carbocycles. The molecule has 1 atom stereocenters. The van der Waals surface area contributed by atoms with Gasteiger partial charge in [-0.25, -0.2) is 4.68 Å². The second-order valence-electron chi connectivity index (χ2n) is 5.43. The van der Waals surface area contributed by atoms with Crippen molar-refractivity contribution in [2.75, 3.05) is 19.1 Å². The Labute approximate surface area is 139 Å². The smallest absolute Gasteiger partial charge is 0.210 e. The Morgan fingerprint density at radius 1 is 1.32 bits per heavy atom. The van der Waals surface area contributed by atoms with Crippen LogP contribution in [0.2, 0.25) is 5.02 Å². The van der Waals surface area contributed by atoms with E-state index < -0.39 is 0 Å². The zero-order valence-electron chi connectivity index (χ0n) is 12.4. The van der Waals surface area contributed by atoms with Gasteiger partial charge in [0, 0.05) is 24.0 Å². The molecule has 0 unspecified atom stereocenters. The first-order chi connectivity index (χ1) is 10.7. The number of nitrogens with zero attached hydrogens (tertiary/aromatic N) is 3. The Balaban J connectivity index is 1.77. The lowest BCUT2D eigenvalue weighted by Gasteiger charge is -2.26. The van der Waals surface area contributed by atoms with Crippen molar-refractivity contribution in [3.8, 4) is 11.4 Å². The summed E-state index contributed by atoms with van der Waals surface area (Å²) in [6, 6.07) is 7.51. The van der Waals surface area contributed by atoms with E-state index >= 15 is 0 Å². The lowest BCUT2D eigenvalue weighted by atomic mass is 9.97. The van der Waals surface area contributed by atoms with Crippen LogP contribution < -0.4 is 5.84 Å². The van der Waals surface area contributed by atoms with Gasteiger partial charge in [0.15, 0.2) is 5.82 Å². The standard InChI is InChI=1S/C15H19ClN4OS/c1-10(11-6-8-21-9-7-11)22-15-19-18-14(20(15)17)12-4-2-3-5-13(12)16/h2-5,10-11H,6-9,17H2,1H3/t10-/m1/s1. The van der Waals surface area contributed by atoms with Crippen LogP contribution in [0.3, 0.4) is 0 Å². The average molecular weight is 339 g/mol. The summed E-state index contributed by atoms with van der Waals surface area (Å²) in [4.78, 5) is 0. The molecule has 2 heterocycles. The molecule has 0 amide bonds. The molecule has 7 heteroatoms. The summed E-state index contributed by atoms with van der Waals surface area (Å²) < 4.78 is 6.95. The second-order valence-corrected chi connectivity index (χ2v) is 7.18. The van der Waals surface area contributed by atoms with Crippen molar-refractivity contribution >= 4 is 23.4 Å². The first-order valence-electron chi connectivity index (χ1n) is 7.36. The van der Waals surface area contributed by atoms with Crippen LogP contribution in [0.1, 0.15) is 19.8 Å². The van der Waals surface area contributed by atoms with Crippen molar-refractivity contribution in [3.05, 3.63) is 29.3 Å². The van der Waals surface area contributed by atoms with Gasteiger partial charge in [-0.3, -0.25) is 0 Å². The Hall–Kier alpha value is -1.24. The molecule has 5 nitrogen and oxygen atoms in total. The van der Waals surface area contributed by atoms with Gasteiger partial charge in [-0.1, -0.05) is 42.4 Å². The quantitative estimate of drug-likeness (QED) is 0.685. The molecule has 2 N–H and O–H groups in total. The zero-order valence-corrected chi connectivity index (χ0v) is 14.0. The summed E-state index contributed by atoms with van der Waals surface area (Å²) in [6.07, 6.45) is 2.18. The maximum Gasteiger partial charge on any atom is 0.210 e. The zero-order chi connectivity index (χ0) is 15.5. The monoisotopic (exact) mass is 338 g/mol. The largest absolute Gasteiger partial charge is 0.381 e. The van der Waals surface area contributed by atoms with Gasteiger partial charge in [0.05, 0.1) is 5.02 Å². The highest BCUT2D eigenvalue weighted by atomic mass is 35.5. The minimum Gasteiger partial charge on any atom is -0.381 e. The molecular formula is C15H19ClN4OS. The number of aromatic nitrogens is 3. The summed E-state index contributed by atoms with van der Waals surface area (Å²) in [7, 11) is 0. The van der Waals surface area contributed by atoms with Crippen molar-refractivity contribution in [1.29, 1.82) is 0 Å². The highest BCUT2D eigenvalue weighted by Gasteiger charge is 2.24. The van der Waals surface area contributed by atoms with E-state index in [1.54, 1.807) is 11.8 Å². The molecule has 0 bridgehead atoms. The van der Waals surface area contributed by atoms with E-state index in [1.807, 2.05) is 24.3 Å². The fourth-order valence-corrected chi connectivity index (χ4v) is 3.94. The second kappa shape index (κ2) is 6.89. The van der Waals surface area contributed by atoms with Gasteiger partial charge in [-0.15, -0.1) is 10.2 Å². The van der Waals surface area contributed by atoms with Crippen LogP contribution in [-0.2, 0) is 4.74 Å². The van der Waals surface area contributed by atoms with E-state index in [9.17, 15) is 0 Å². The summed E-state index contributed by atoms with van der Waals surface area (Å²) in [6.45, 7) is 3.90. The molecule has 2 aromatic rings. The van der Waals surface area contributed by atoms with Gasteiger partial charge >= 0.3 is 0 Å². The van der Waals surface area contributed by atoms with E-state index in [2.05, 4.69) is 17.1 Å². The van der Waals surface area contributed by atoms with Gasteiger partial charge in [-0.2, -0.15) is 0 Å². The molecule has 0 aliphatic carbocycles. The predicted molar refractivity (Wildman–Crippen MR) is 89.5 cm³/mol. The molecule has 1 aliphatic heterocycles. The summed E-state index contributed by atoms with van der Waals surface area (Å²) in [5.41, 5.74) is 0.796. The van der Waals surface area contributed by atoms with E-state index in [1.165, 1.54) is 4.68 Å². The number of halogens is 1. The van der Waals surface area contributed by atoms with E-state index in [0.717, 1.165) is 31.6 Å². The number of hydrogen-bond acceptors (Lipinski definition) is 5. The number of nitrogens with two attached hydrogens (primary N) is 1. The lowest BCUT2D eigenvalue weighted by Crippen LogP contribution is -2.24. The minimum absolute atomic E-state index is 0.425. The van der Waals surface area contributed by atoms with Gasteiger partial charge < -0.3 is 10.6 Å². The Kier molecular flexibility index (Phi) is 4.90. The number of nitrogen functional groups attached to an aromatic ring is 1. The Bertz CT molecular complexity index is 642. The summed E-state index contributed by atoms with van der Waals surface area (Å²) in [5.74, 6) is 7.38. The van der Waals surface area contributed by atoms with Crippen LogP contribution in [0.5, 0.6) is 0 Å². The van der Waals surface area contributed by atoms with Crippen molar-refractivity contribution in [3.63, 3.8) is 0 Å². The van der Waals surface area contributed by atoms with Crippen molar-refractivity contribution in [2.45, 2.75) is 30.2 Å². The molecule has 1 aliphatic rings. The van der Waals surface area contributed by atoms with E-state index in [4.69, 9.17) is 22.2 Å². The highest BCUT2D eigenvalue weighted by Crippen LogP contribution is 2.33. The molecule has 0 spiro atoms. The summed E-state index contributed by atoms with van der Waals surface area (Å²) in [5, 5.41) is 10.2. The number of hydrogen-bond donors (Lipinski definition) is 1. The van der Waals surface area contributed by atoms with Crippen LogP contribution in [-0.4, -0.2) is 33.3 Å². The van der Waals surface area contributed by atoms with E-state index in [-0.39, 0.29) is 0 Å². The summed E-state index contributed by atoms with van der Waals surface area (Å²) >= 11 is 7.87. The fourth-order valence-electron chi connectivity index (χ4n) is 2.63. The number of benzene rings is 1. The molecule has 22 heavy (non-hydrogen) atoms. The molecule has 0 saturated carbocycles. The third-order valence-corrected chi connectivity index (χ3v) is 5.58. The number of ether oxygens (including phenoxy) is 1. The highest BCUT2D eigenvalue weighted by molar-refractivity contribution is 7.99. The third-order valence-electron chi connectivity index (χ3n) is 4.00. The first kappa shape index (κ1) is 15.6. The predicted octanol–water partition coefficient (Wildman–Crippen LogP) is 3.22. The number of thioether (sulfide) groups is 1. The van der Waals surface area contributed by atoms with Crippen molar-refractivity contribution in [1.82, 2.24) is 14.9 Å². The van der Waals surface area contributed by atoms with Gasteiger partial charge in [0.25, 0.3) is 0 Å². The molecule has 3 rings (SSSR count). The topological polar surface area (TPSA) is 66.0 Å². The molecular weight excluding hydrogens is 320 g/mol. The SMILES string of the molecule is C[C@@H](Sc1nnc(-c2ccccc2Cl)n1N)C1CCOCC1. The Morgan fingerprint density at radius 3 is 2.77 bits per heavy atom. The maximum absolute atomic E-state index is 6.21. The first-order valence-corrected chi connectivity index (χ1v) is 8.62. The molecule has 1 saturated heterocycles.